The first-order valence-electron chi connectivity index (χ1n) is 4.50. The fraction of sp³-hybridized carbons (Fsp3) is 0.364. The van der Waals surface area contributed by atoms with Crippen molar-refractivity contribution >= 4 is 0 Å². The number of halogens is 2. The maximum Gasteiger partial charge on any atom is 0.310 e. The number of aryl methyl sites for hydroxylation is 1. The average molecular weight is 183 g/mol. The summed E-state index contributed by atoms with van der Waals surface area (Å²) in [7, 11) is 0. The lowest BCUT2D eigenvalue weighted by molar-refractivity contribution is 0.265. The summed E-state index contributed by atoms with van der Waals surface area (Å²) in [6.07, 6.45) is 0.813. The number of hydrogen-bond donors (Lipinski definition) is 0. The Bertz CT molecular complexity index is 219. The van der Waals surface area contributed by atoms with Crippen molar-refractivity contribution in [3.63, 3.8) is 0 Å². The molecule has 2 heteroatoms. The van der Waals surface area contributed by atoms with Crippen molar-refractivity contribution in [1.82, 2.24) is 0 Å². The minimum absolute atomic E-state index is 0.0488. The molecule has 0 unspecified atom stereocenters. The minimum Gasteiger partial charge on any atom is -0.200 e. The van der Waals surface area contributed by atoms with E-state index in [4.69, 9.17) is 0 Å². The van der Waals surface area contributed by atoms with E-state index in [1.807, 2.05) is 30.3 Å². The number of rotatable bonds is 5. The predicted molar refractivity (Wildman–Crippen MR) is 49.5 cm³/mol. The Labute approximate surface area is 77.6 Å². The van der Waals surface area contributed by atoms with Crippen LogP contribution in [0.25, 0.3) is 0 Å². The molecular formula is C11H13F2. The van der Waals surface area contributed by atoms with Gasteiger partial charge >= 0.3 is 6.43 Å². The Hall–Kier alpha value is -0.920. The molecule has 13 heavy (non-hydrogen) atoms. The minimum atomic E-state index is -1.45. The summed E-state index contributed by atoms with van der Waals surface area (Å²) in [5, 5.41) is 0. The number of unbranched alkanes of at least 4 members (excludes halogenated alkanes) is 1. The molecule has 1 rings (SSSR count). The van der Waals surface area contributed by atoms with Crippen molar-refractivity contribution in [3.05, 3.63) is 42.3 Å². The molecule has 0 heterocycles. The third-order valence-corrected chi connectivity index (χ3v) is 1.92. The fourth-order valence-corrected chi connectivity index (χ4v) is 1.23. The average Bonchev–Trinajstić information content (AvgIpc) is 2.14. The summed E-state index contributed by atoms with van der Waals surface area (Å²) in [5.74, 6) is 0. The highest BCUT2D eigenvalue weighted by molar-refractivity contribution is 5.14. The Morgan fingerprint density at radius 3 is 2.31 bits per heavy atom. The molecule has 0 amide bonds. The molecule has 0 aromatic heterocycles. The van der Waals surface area contributed by atoms with E-state index in [1.165, 1.54) is 5.56 Å². The largest absolute Gasteiger partial charge is 0.310 e. The second kappa shape index (κ2) is 5.68. The Kier molecular flexibility index (Phi) is 4.44. The lowest BCUT2D eigenvalue weighted by Crippen LogP contribution is -1.86. The Morgan fingerprint density at radius 2 is 1.69 bits per heavy atom. The molecule has 0 spiro atoms. The summed E-state index contributed by atoms with van der Waals surface area (Å²) in [6, 6.07) is 9.94. The monoisotopic (exact) mass is 183 g/mol. The zero-order chi connectivity index (χ0) is 9.52. The first kappa shape index (κ1) is 10.2. The van der Waals surface area contributed by atoms with Gasteiger partial charge in [-0.3, -0.25) is 0 Å². The molecule has 0 saturated carbocycles. The van der Waals surface area contributed by atoms with Crippen LogP contribution in [0.3, 0.4) is 0 Å². The van der Waals surface area contributed by atoms with Gasteiger partial charge in [0.2, 0.25) is 0 Å². The highest BCUT2D eigenvalue weighted by atomic mass is 19.3. The van der Waals surface area contributed by atoms with Crippen LogP contribution >= 0.6 is 0 Å². The molecule has 0 aliphatic heterocycles. The van der Waals surface area contributed by atoms with Gasteiger partial charge in [-0.05, 0) is 24.8 Å². The summed E-state index contributed by atoms with van der Waals surface area (Å²) in [4.78, 5) is 0. The van der Waals surface area contributed by atoms with E-state index >= 15 is 0 Å². The van der Waals surface area contributed by atoms with Gasteiger partial charge in [0.15, 0.2) is 0 Å². The van der Waals surface area contributed by atoms with Crippen molar-refractivity contribution < 1.29 is 8.78 Å². The van der Waals surface area contributed by atoms with Crippen molar-refractivity contribution in [1.29, 1.82) is 0 Å². The van der Waals surface area contributed by atoms with Gasteiger partial charge < -0.3 is 0 Å². The third-order valence-electron chi connectivity index (χ3n) is 1.92. The van der Waals surface area contributed by atoms with E-state index < -0.39 is 6.43 Å². The van der Waals surface area contributed by atoms with Gasteiger partial charge in [-0.2, -0.15) is 8.78 Å². The van der Waals surface area contributed by atoms with Crippen LogP contribution in [0.2, 0.25) is 0 Å². The molecule has 1 radical (unpaired) electrons. The standard InChI is InChI=1S/C11H13F2/c12-11(13)9-5-4-8-10-6-2-1-3-7-10/h1-3,6-7H,4-5,8-9H2. The summed E-state index contributed by atoms with van der Waals surface area (Å²) in [5.41, 5.74) is 1.22. The Balaban J connectivity index is 2.13. The molecule has 71 valence electrons. The second-order valence-electron chi connectivity index (χ2n) is 3.03. The van der Waals surface area contributed by atoms with Crippen LogP contribution in [0.1, 0.15) is 24.8 Å². The molecular weight excluding hydrogens is 170 g/mol. The lowest BCUT2D eigenvalue weighted by Gasteiger charge is -2.00. The molecule has 0 bridgehead atoms. The highest BCUT2D eigenvalue weighted by Crippen LogP contribution is 2.14. The molecule has 0 aliphatic rings. The first-order valence-corrected chi connectivity index (χ1v) is 4.50. The summed E-state index contributed by atoms with van der Waals surface area (Å²) >= 11 is 0. The smallest absolute Gasteiger partial charge is 0.200 e. The summed E-state index contributed by atoms with van der Waals surface area (Å²) in [6.45, 7) is 0. The van der Waals surface area contributed by atoms with Gasteiger partial charge in [0.1, 0.15) is 0 Å². The van der Waals surface area contributed by atoms with Gasteiger partial charge in [0, 0.05) is 6.42 Å². The van der Waals surface area contributed by atoms with Crippen LogP contribution < -0.4 is 0 Å². The molecule has 0 saturated heterocycles. The maximum absolute atomic E-state index is 11.7. The lowest BCUT2D eigenvalue weighted by atomic mass is 10.1. The van der Waals surface area contributed by atoms with Gasteiger partial charge in [0.05, 0.1) is 0 Å². The fourth-order valence-electron chi connectivity index (χ4n) is 1.23. The van der Waals surface area contributed by atoms with Gasteiger partial charge in [0.25, 0.3) is 0 Å². The van der Waals surface area contributed by atoms with E-state index in [0.717, 1.165) is 12.8 Å². The predicted octanol–water partition coefficient (Wildman–Crippen LogP) is 3.83. The van der Waals surface area contributed by atoms with E-state index in [-0.39, 0.29) is 6.42 Å². The summed E-state index contributed by atoms with van der Waals surface area (Å²) < 4.78 is 23.4. The van der Waals surface area contributed by atoms with E-state index in [9.17, 15) is 8.78 Å². The zero-order valence-corrected chi connectivity index (χ0v) is 7.47. The van der Waals surface area contributed by atoms with Crippen molar-refractivity contribution in [3.8, 4) is 0 Å². The van der Waals surface area contributed by atoms with E-state index in [2.05, 4.69) is 0 Å². The van der Waals surface area contributed by atoms with Gasteiger partial charge in [-0.1, -0.05) is 30.3 Å². The van der Waals surface area contributed by atoms with Gasteiger partial charge in [-0.25, -0.2) is 0 Å². The molecule has 0 atom stereocenters. The zero-order valence-electron chi connectivity index (χ0n) is 7.47. The first-order chi connectivity index (χ1) is 6.29. The van der Waals surface area contributed by atoms with Gasteiger partial charge in [-0.15, -0.1) is 0 Å². The molecule has 0 fully saturated rings. The van der Waals surface area contributed by atoms with E-state index in [1.54, 1.807) is 0 Å². The van der Waals surface area contributed by atoms with E-state index in [0.29, 0.717) is 6.42 Å². The molecule has 0 N–H and O–H groups in total. The van der Waals surface area contributed by atoms with Crippen LogP contribution in [0, 0.1) is 6.43 Å². The molecule has 1 aromatic rings. The Morgan fingerprint density at radius 1 is 1.00 bits per heavy atom. The second-order valence-corrected chi connectivity index (χ2v) is 3.03. The van der Waals surface area contributed by atoms with Crippen molar-refractivity contribution in [2.24, 2.45) is 0 Å². The highest BCUT2D eigenvalue weighted by Gasteiger charge is 2.03. The van der Waals surface area contributed by atoms with Crippen LogP contribution in [0.4, 0.5) is 8.78 Å². The van der Waals surface area contributed by atoms with Crippen molar-refractivity contribution in [2.75, 3.05) is 0 Å². The number of benzene rings is 1. The topological polar surface area (TPSA) is 0 Å². The third kappa shape index (κ3) is 4.61. The maximum atomic E-state index is 11.7. The molecule has 0 nitrogen and oxygen atoms in total. The van der Waals surface area contributed by atoms with Crippen LogP contribution in [0.15, 0.2) is 30.3 Å². The molecule has 1 aromatic carbocycles. The number of hydrogen-bond acceptors (Lipinski definition) is 0. The SMILES string of the molecule is F[C](F)CCCCc1ccccc1. The van der Waals surface area contributed by atoms with Crippen LogP contribution in [0.5, 0.6) is 0 Å². The van der Waals surface area contributed by atoms with Crippen LogP contribution in [-0.4, -0.2) is 0 Å². The van der Waals surface area contributed by atoms with Crippen molar-refractivity contribution in [2.45, 2.75) is 25.7 Å². The normalized spacial score (nSPS) is 10.7. The molecule has 0 aliphatic carbocycles. The quantitative estimate of drug-likeness (QED) is 0.608. The van der Waals surface area contributed by atoms with Crippen LogP contribution in [-0.2, 0) is 6.42 Å².